The van der Waals surface area contributed by atoms with Gasteiger partial charge in [-0.25, -0.2) is 4.79 Å². The van der Waals surface area contributed by atoms with Crippen LogP contribution in [0.25, 0.3) is 0 Å². The van der Waals surface area contributed by atoms with Gasteiger partial charge in [0.05, 0.1) is 6.54 Å². The van der Waals surface area contributed by atoms with Crippen molar-refractivity contribution in [3.63, 3.8) is 0 Å². The lowest BCUT2D eigenvalue weighted by Gasteiger charge is -2.13. The van der Waals surface area contributed by atoms with Crippen LogP contribution in [0.3, 0.4) is 0 Å². The van der Waals surface area contributed by atoms with E-state index in [4.69, 9.17) is 10.5 Å². The van der Waals surface area contributed by atoms with Gasteiger partial charge in [-0.15, -0.1) is 0 Å². The van der Waals surface area contributed by atoms with E-state index in [9.17, 15) is 32.3 Å². The number of hydrogen-bond donors (Lipinski definition) is 4. The number of nitrogens with two attached hydrogens (primary N) is 1. The van der Waals surface area contributed by atoms with Gasteiger partial charge in [-0.1, -0.05) is 30.3 Å². The Labute approximate surface area is 202 Å². The summed E-state index contributed by atoms with van der Waals surface area (Å²) in [6.07, 6.45) is -5.99. The predicted molar refractivity (Wildman–Crippen MR) is 120 cm³/mol. The van der Waals surface area contributed by atoms with Crippen LogP contribution < -0.4 is 27.2 Å². The number of aromatic nitrogens is 1. The van der Waals surface area contributed by atoms with E-state index in [0.717, 1.165) is 10.1 Å². The van der Waals surface area contributed by atoms with Gasteiger partial charge in [-0.05, 0) is 29.8 Å². The number of alkyl halides is 3. The Kier molecular flexibility index (Phi) is 9.83. The molecule has 2 rings (SSSR count). The van der Waals surface area contributed by atoms with Gasteiger partial charge >= 0.3 is 18.2 Å². The fraction of sp³-hybridized carbons (Fsp3) is 0.286. The summed E-state index contributed by atoms with van der Waals surface area (Å²) in [5, 5.41) is 9.09. The van der Waals surface area contributed by atoms with Crippen LogP contribution in [-0.2, 0) is 32.3 Å². The third-order valence-electron chi connectivity index (χ3n) is 4.32. The van der Waals surface area contributed by atoms with E-state index >= 15 is 0 Å². The molecular formula is C21H23F3N6O6. The third kappa shape index (κ3) is 9.00. The lowest BCUT2D eigenvalue weighted by atomic mass is 10.2. The molecule has 15 heteroatoms. The van der Waals surface area contributed by atoms with Crippen molar-refractivity contribution in [3.8, 4) is 0 Å². The summed E-state index contributed by atoms with van der Waals surface area (Å²) in [7, 11) is 0. The molecule has 0 aliphatic heterocycles. The lowest BCUT2D eigenvalue weighted by molar-refractivity contribution is -0.171. The van der Waals surface area contributed by atoms with Gasteiger partial charge in [0.1, 0.15) is 25.4 Å². The molecule has 0 aliphatic rings. The van der Waals surface area contributed by atoms with Crippen LogP contribution in [0.2, 0.25) is 0 Å². The number of guanidine groups is 1. The van der Waals surface area contributed by atoms with Crippen molar-refractivity contribution in [2.45, 2.75) is 26.3 Å². The van der Waals surface area contributed by atoms with Crippen molar-refractivity contribution in [2.75, 3.05) is 18.5 Å². The van der Waals surface area contributed by atoms with Crippen LogP contribution in [0.4, 0.5) is 23.7 Å². The highest BCUT2D eigenvalue weighted by atomic mass is 19.4. The molecule has 0 fully saturated rings. The molecule has 1 aromatic carbocycles. The van der Waals surface area contributed by atoms with Crippen molar-refractivity contribution >= 4 is 29.6 Å². The van der Waals surface area contributed by atoms with Crippen molar-refractivity contribution in [3.05, 3.63) is 64.1 Å². The molecule has 0 unspecified atom stereocenters. The zero-order chi connectivity index (χ0) is 26.7. The summed E-state index contributed by atoms with van der Waals surface area (Å²) in [5.74, 6) is -3.84. The third-order valence-corrected chi connectivity index (χ3v) is 4.32. The molecule has 2 aromatic rings. The van der Waals surface area contributed by atoms with Crippen molar-refractivity contribution < 1.29 is 37.1 Å². The molecule has 12 nitrogen and oxygen atoms in total. The van der Waals surface area contributed by atoms with Crippen LogP contribution >= 0.6 is 0 Å². The number of nitrogens with zero attached hydrogens (tertiary/aromatic N) is 2. The van der Waals surface area contributed by atoms with Gasteiger partial charge in [0, 0.05) is 5.69 Å². The fourth-order valence-electron chi connectivity index (χ4n) is 2.59. The Bertz CT molecular complexity index is 1170. The SMILES string of the molecule is Cc1ccc(NC(=O)OCc2ccccc2)c(=O)n1CC(=O)NCCO/N=C(\N)NC(=O)C(F)(F)F. The van der Waals surface area contributed by atoms with E-state index in [1.165, 1.54) is 17.4 Å². The number of benzene rings is 1. The summed E-state index contributed by atoms with van der Waals surface area (Å²) < 4.78 is 42.5. The minimum absolute atomic E-state index is 0.00158. The largest absolute Gasteiger partial charge is 0.471 e. The van der Waals surface area contributed by atoms with E-state index in [1.807, 2.05) is 6.07 Å². The summed E-state index contributed by atoms with van der Waals surface area (Å²) >= 11 is 0. The second-order valence-corrected chi connectivity index (χ2v) is 7.08. The molecule has 0 saturated heterocycles. The standard InChI is InChI=1S/C21H23F3N6O6/c1-13-7-8-15(27-20(34)35-12-14-5-3-2-4-6-14)17(32)30(13)11-16(31)26-9-10-36-29-19(25)28-18(33)21(22,23)24/h2-8H,9-12H2,1H3,(H,26,31)(H,27,34)(H3,25,28,29,33). The van der Waals surface area contributed by atoms with Gasteiger partial charge in [0.15, 0.2) is 0 Å². The Morgan fingerprint density at radius 1 is 1.11 bits per heavy atom. The van der Waals surface area contributed by atoms with Crippen LogP contribution in [0.15, 0.2) is 52.4 Å². The van der Waals surface area contributed by atoms with Crippen molar-refractivity contribution in [2.24, 2.45) is 10.9 Å². The zero-order valence-electron chi connectivity index (χ0n) is 18.9. The Hall–Kier alpha value is -4.56. The van der Waals surface area contributed by atoms with E-state index < -0.39 is 42.1 Å². The molecule has 0 bridgehead atoms. The molecule has 0 saturated carbocycles. The van der Waals surface area contributed by atoms with Crippen molar-refractivity contribution in [1.82, 2.24) is 15.2 Å². The highest BCUT2D eigenvalue weighted by Crippen LogP contribution is 2.13. The molecule has 0 radical (unpaired) electrons. The number of carbonyl (C=O) groups is 3. The first-order valence-electron chi connectivity index (χ1n) is 10.3. The number of hydrogen-bond acceptors (Lipinski definition) is 7. The predicted octanol–water partition coefficient (Wildman–Crippen LogP) is 0.946. The second kappa shape index (κ2) is 12.8. The number of pyridine rings is 1. The van der Waals surface area contributed by atoms with Crippen LogP contribution in [-0.4, -0.2) is 47.8 Å². The minimum Gasteiger partial charge on any atom is -0.444 e. The van der Waals surface area contributed by atoms with Crippen molar-refractivity contribution in [1.29, 1.82) is 0 Å². The van der Waals surface area contributed by atoms with E-state index in [0.29, 0.717) is 5.69 Å². The maximum absolute atomic E-state index is 12.7. The first kappa shape index (κ1) is 27.7. The van der Waals surface area contributed by atoms with Crippen LogP contribution in [0, 0.1) is 6.92 Å². The topological polar surface area (TPSA) is 166 Å². The average molecular weight is 512 g/mol. The maximum atomic E-state index is 12.7. The van der Waals surface area contributed by atoms with Crippen LogP contribution in [0.1, 0.15) is 11.3 Å². The number of rotatable bonds is 9. The molecule has 1 aromatic heterocycles. The fourth-order valence-corrected chi connectivity index (χ4v) is 2.59. The molecule has 0 aliphatic carbocycles. The molecule has 3 amide bonds. The summed E-state index contributed by atoms with van der Waals surface area (Å²) in [6.45, 7) is 0.757. The van der Waals surface area contributed by atoms with Gasteiger partial charge in [-0.3, -0.25) is 25.0 Å². The molecule has 5 N–H and O–H groups in total. The second-order valence-electron chi connectivity index (χ2n) is 7.08. The van der Waals surface area contributed by atoms with E-state index in [2.05, 4.69) is 20.6 Å². The number of amides is 3. The first-order valence-corrected chi connectivity index (χ1v) is 10.3. The zero-order valence-corrected chi connectivity index (χ0v) is 18.9. The Morgan fingerprint density at radius 2 is 1.81 bits per heavy atom. The van der Waals surface area contributed by atoms with E-state index in [-0.39, 0.29) is 25.4 Å². The molecular weight excluding hydrogens is 489 g/mol. The smallest absolute Gasteiger partial charge is 0.444 e. The number of halogens is 3. The average Bonchev–Trinajstić information content (AvgIpc) is 2.82. The quantitative estimate of drug-likeness (QED) is 0.168. The lowest BCUT2D eigenvalue weighted by Crippen LogP contribution is -2.44. The highest BCUT2D eigenvalue weighted by Gasteiger charge is 2.39. The number of aryl methyl sites for hydroxylation is 1. The van der Waals surface area contributed by atoms with Gasteiger partial charge in [-0.2, -0.15) is 13.2 Å². The Balaban J connectivity index is 1.83. The number of oxime groups is 1. The maximum Gasteiger partial charge on any atom is 0.471 e. The summed E-state index contributed by atoms with van der Waals surface area (Å²) in [4.78, 5) is 52.2. The summed E-state index contributed by atoms with van der Waals surface area (Å²) in [6, 6.07) is 11.8. The van der Waals surface area contributed by atoms with Crippen LogP contribution in [0.5, 0.6) is 0 Å². The monoisotopic (exact) mass is 512 g/mol. The molecule has 0 atom stereocenters. The normalized spacial score (nSPS) is 11.4. The minimum atomic E-state index is -5.14. The summed E-state index contributed by atoms with van der Waals surface area (Å²) in [5.41, 5.74) is 5.53. The number of carbonyl (C=O) groups excluding carboxylic acids is 3. The highest BCUT2D eigenvalue weighted by molar-refractivity contribution is 5.98. The molecule has 36 heavy (non-hydrogen) atoms. The number of anilines is 1. The number of nitrogens with one attached hydrogen (secondary N) is 3. The van der Waals surface area contributed by atoms with Gasteiger partial charge in [0.2, 0.25) is 11.9 Å². The van der Waals surface area contributed by atoms with Gasteiger partial charge in [0.25, 0.3) is 5.56 Å². The molecule has 194 valence electrons. The first-order chi connectivity index (χ1) is 17.0. The van der Waals surface area contributed by atoms with E-state index in [1.54, 1.807) is 31.2 Å². The molecule has 0 spiro atoms. The molecule has 1 heterocycles. The number of ether oxygens (including phenoxy) is 1. The van der Waals surface area contributed by atoms with Gasteiger partial charge < -0.3 is 25.2 Å². The Morgan fingerprint density at radius 3 is 2.47 bits per heavy atom.